The van der Waals surface area contributed by atoms with Gasteiger partial charge in [0.1, 0.15) is 17.9 Å². The van der Waals surface area contributed by atoms with E-state index < -0.39 is 16.4 Å². The summed E-state index contributed by atoms with van der Waals surface area (Å²) in [7, 11) is 0. The summed E-state index contributed by atoms with van der Waals surface area (Å²) in [5.41, 5.74) is -1.30. The minimum atomic E-state index is -1.08. The third-order valence-corrected chi connectivity index (χ3v) is 3.57. The van der Waals surface area contributed by atoms with E-state index in [1.807, 2.05) is 0 Å². The lowest BCUT2D eigenvalue weighted by molar-refractivity contribution is -0.385. The summed E-state index contributed by atoms with van der Waals surface area (Å²) in [6, 6.07) is 0. The number of aromatic nitrogens is 2. The Morgan fingerprint density at radius 1 is 1.25 bits per heavy atom. The highest BCUT2D eigenvalue weighted by Crippen LogP contribution is 2.30. The molecule has 1 heterocycles. The number of rotatable bonds is 4. The van der Waals surface area contributed by atoms with Crippen LogP contribution < -0.4 is 5.32 Å². The molecule has 8 heteroatoms. The van der Waals surface area contributed by atoms with E-state index in [-0.39, 0.29) is 11.6 Å². The van der Waals surface area contributed by atoms with Crippen LogP contribution in [0.2, 0.25) is 0 Å². The molecule has 0 unspecified atom stereocenters. The number of carboxylic acid groups (broad SMARTS) is 1. The second-order valence-electron chi connectivity index (χ2n) is 4.95. The van der Waals surface area contributed by atoms with Crippen molar-refractivity contribution < 1.29 is 14.8 Å². The lowest BCUT2D eigenvalue weighted by atomic mass is 9.90. The predicted octanol–water partition coefficient (Wildman–Crippen LogP) is 1.97. The molecule has 0 spiro atoms. The summed E-state index contributed by atoms with van der Waals surface area (Å²) in [4.78, 5) is 29.2. The fourth-order valence-corrected chi connectivity index (χ4v) is 2.42. The normalized spacial score (nSPS) is 18.0. The van der Waals surface area contributed by atoms with Crippen molar-refractivity contribution >= 4 is 17.6 Å². The molecule has 1 fully saturated rings. The molecule has 2 rings (SSSR count). The fourth-order valence-electron chi connectivity index (χ4n) is 2.42. The molecule has 0 amide bonds. The Morgan fingerprint density at radius 2 is 1.80 bits per heavy atom. The molecule has 1 aromatic rings. The quantitative estimate of drug-likeness (QED) is 0.491. The van der Waals surface area contributed by atoms with Crippen LogP contribution in [0.15, 0.2) is 12.4 Å². The number of nitro groups is 1. The molecular weight excluding hydrogens is 264 g/mol. The van der Waals surface area contributed by atoms with E-state index in [9.17, 15) is 20.0 Å². The number of nitrogens with zero attached hydrogens (tertiary/aromatic N) is 3. The third-order valence-electron chi connectivity index (χ3n) is 3.57. The summed E-state index contributed by atoms with van der Waals surface area (Å²) < 4.78 is 0. The molecule has 0 atom stereocenters. The molecule has 20 heavy (non-hydrogen) atoms. The zero-order valence-electron chi connectivity index (χ0n) is 10.9. The van der Waals surface area contributed by atoms with Crippen LogP contribution in [0.1, 0.15) is 38.5 Å². The molecule has 1 aliphatic carbocycles. The first kappa shape index (κ1) is 14.2. The average Bonchev–Trinajstić information content (AvgIpc) is 2.66. The van der Waals surface area contributed by atoms with Crippen LogP contribution in [0.5, 0.6) is 0 Å². The van der Waals surface area contributed by atoms with Crippen molar-refractivity contribution in [1.29, 1.82) is 0 Å². The van der Waals surface area contributed by atoms with Crippen molar-refractivity contribution in [2.75, 3.05) is 5.32 Å². The molecule has 0 radical (unpaired) electrons. The van der Waals surface area contributed by atoms with Gasteiger partial charge in [0.15, 0.2) is 0 Å². The number of nitrogens with one attached hydrogen (secondary N) is 1. The van der Waals surface area contributed by atoms with Crippen molar-refractivity contribution in [2.24, 2.45) is 0 Å². The number of hydrogen-bond donors (Lipinski definition) is 2. The Balaban J connectivity index is 2.19. The van der Waals surface area contributed by atoms with E-state index in [1.165, 1.54) is 0 Å². The minimum absolute atomic E-state index is 0.111. The fraction of sp³-hybridized carbons (Fsp3) is 0.583. The van der Waals surface area contributed by atoms with Crippen LogP contribution in [0.4, 0.5) is 11.6 Å². The molecule has 108 valence electrons. The second kappa shape index (κ2) is 5.81. The number of aliphatic carboxylic acids is 1. The van der Waals surface area contributed by atoms with Crippen LogP contribution in [-0.4, -0.2) is 31.5 Å². The molecule has 0 aromatic carbocycles. The van der Waals surface area contributed by atoms with Crippen LogP contribution in [0.25, 0.3) is 0 Å². The number of hydrogen-bond acceptors (Lipinski definition) is 6. The monoisotopic (exact) mass is 280 g/mol. The van der Waals surface area contributed by atoms with Gasteiger partial charge in [0.25, 0.3) is 0 Å². The van der Waals surface area contributed by atoms with E-state index >= 15 is 0 Å². The van der Waals surface area contributed by atoms with Crippen LogP contribution in [0, 0.1) is 10.1 Å². The zero-order valence-corrected chi connectivity index (χ0v) is 10.9. The number of carbonyl (C=O) groups is 1. The third kappa shape index (κ3) is 3.01. The summed E-state index contributed by atoms with van der Waals surface area (Å²) in [5, 5.41) is 22.9. The zero-order chi connectivity index (χ0) is 14.6. The van der Waals surface area contributed by atoms with E-state index in [1.54, 1.807) is 0 Å². The Bertz CT molecular complexity index is 495. The number of carboxylic acids is 1. The van der Waals surface area contributed by atoms with E-state index in [0.717, 1.165) is 38.1 Å². The van der Waals surface area contributed by atoms with Gasteiger partial charge < -0.3 is 10.4 Å². The van der Waals surface area contributed by atoms with Gasteiger partial charge >= 0.3 is 11.7 Å². The minimum Gasteiger partial charge on any atom is -0.480 e. The number of anilines is 1. The first-order chi connectivity index (χ1) is 9.53. The van der Waals surface area contributed by atoms with E-state index in [0.29, 0.717) is 12.8 Å². The van der Waals surface area contributed by atoms with Crippen molar-refractivity contribution in [1.82, 2.24) is 9.97 Å². The van der Waals surface area contributed by atoms with Gasteiger partial charge in [-0.3, -0.25) is 10.1 Å². The van der Waals surface area contributed by atoms with Gasteiger partial charge in [-0.05, 0) is 12.8 Å². The molecule has 0 aliphatic heterocycles. The Morgan fingerprint density at radius 3 is 2.25 bits per heavy atom. The van der Waals surface area contributed by atoms with Crippen LogP contribution >= 0.6 is 0 Å². The van der Waals surface area contributed by atoms with Crippen LogP contribution in [-0.2, 0) is 4.79 Å². The van der Waals surface area contributed by atoms with Crippen LogP contribution in [0.3, 0.4) is 0 Å². The largest absolute Gasteiger partial charge is 0.480 e. The Kier molecular flexibility index (Phi) is 4.11. The molecular formula is C12H16N4O4. The van der Waals surface area contributed by atoms with Gasteiger partial charge in [0.2, 0.25) is 5.95 Å². The molecule has 1 aliphatic rings. The molecule has 1 saturated carbocycles. The van der Waals surface area contributed by atoms with Gasteiger partial charge in [0, 0.05) is 0 Å². The average molecular weight is 280 g/mol. The standard InChI is InChI=1S/C12H16N4O4/c17-10(18)12(5-3-1-2-4-6-12)15-11-13-7-9(8-14-11)16(19)20/h7-8H,1-6H2,(H,17,18)(H,13,14,15). The van der Waals surface area contributed by atoms with Gasteiger partial charge in [-0.15, -0.1) is 0 Å². The van der Waals surface area contributed by atoms with Gasteiger partial charge in [0.05, 0.1) is 4.92 Å². The predicted molar refractivity (Wildman–Crippen MR) is 70.4 cm³/mol. The molecule has 2 N–H and O–H groups in total. The maximum atomic E-state index is 11.6. The SMILES string of the molecule is O=C(O)C1(Nc2ncc([N+](=O)[O-])cn2)CCCCCC1. The van der Waals surface area contributed by atoms with Gasteiger partial charge in [-0.2, -0.15) is 0 Å². The highest BCUT2D eigenvalue weighted by molar-refractivity contribution is 5.82. The summed E-state index contributed by atoms with van der Waals surface area (Å²) in [5.74, 6) is -0.818. The van der Waals surface area contributed by atoms with Crippen molar-refractivity contribution in [3.63, 3.8) is 0 Å². The maximum Gasteiger partial charge on any atom is 0.329 e. The first-order valence-corrected chi connectivity index (χ1v) is 6.51. The Hall–Kier alpha value is -2.25. The van der Waals surface area contributed by atoms with E-state index in [2.05, 4.69) is 15.3 Å². The molecule has 1 aromatic heterocycles. The molecule has 0 saturated heterocycles. The van der Waals surface area contributed by atoms with Crippen molar-refractivity contribution in [3.8, 4) is 0 Å². The molecule has 0 bridgehead atoms. The lowest BCUT2D eigenvalue weighted by Gasteiger charge is -2.29. The van der Waals surface area contributed by atoms with Gasteiger partial charge in [-0.1, -0.05) is 25.7 Å². The van der Waals surface area contributed by atoms with Crippen molar-refractivity contribution in [3.05, 3.63) is 22.5 Å². The smallest absolute Gasteiger partial charge is 0.329 e. The highest BCUT2D eigenvalue weighted by Gasteiger charge is 2.39. The topological polar surface area (TPSA) is 118 Å². The summed E-state index contributed by atoms with van der Waals surface area (Å²) in [6.45, 7) is 0. The van der Waals surface area contributed by atoms with Crippen molar-refractivity contribution in [2.45, 2.75) is 44.1 Å². The maximum absolute atomic E-state index is 11.6. The highest BCUT2D eigenvalue weighted by atomic mass is 16.6. The summed E-state index contributed by atoms with van der Waals surface area (Å²) in [6.07, 6.45) is 6.82. The first-order valence-electron chi connectivity index (χ1n) is 6.51. The Labute approximate surface area is 115 Å². The summed E-state index contributed by atoms with van der Waals surface area (Å²) >= 11 is 0. The van der Waals surface area contributed by atoms with E-state index in [4.69, 9.17) is 0 Å². The second-order valence-corrected chi connectivity index (χ2v) is 4.95. The molecule has 8 nitrogen and oxygen atoms in total. The van der Waals surface area contributed by atoms with Gasteiger partial charge in [-0.25, -0.2) is 14.8 Å². The lowest BCUT2D eigenvalue weighted by Crippen LogP contribution is -2.46.